The second-order valence-corrected chi connectivity index (χ2v) is 9.73. The first-order chi connectivity index (χ1) is 14.8. The van der Waals surface area contributed by atoms with Crippen molar-refractivity contribution in [1.29, 1.82) is 0 Å². The van der Waals surface area contributed by atoms with E-state index in [1.165, 1.54) is 4.31 Å². The molecule has 0 atom stereocenters. The lowest BCUT2D eigenvalue weighted by Crippen LogP contribution is -2.33. The molecule has 0 aliphatic carbocycles. The van der Waals surface area contributed by atoms with Crippen molar-refractivity contribution in [3.8, 4) is 0 Å². The Morgan fingerprint density at radius 3 is 1.77 bits per heavy atom. The number of rotatable bonds is 8. The molecule has 6 heteroatoms. The quantitative estimate of drug-likeness (QED) is 0.577. The third-order valence-corrected chi connectivity index (χ3v) is 7.37. The van der Waals surface area contributed by atoms with Gasteiger partial charge in [-0.25, -0.2) is 8.42 Å². The minimum atomic E-state index is -3.53. The summed E-state index contributed by atoms with van der Waals surface area (Å²) in [4.78, 5) is 13.3. The van der Waals surface area contributed by atoms with Crippen LogP contribution in [-0.2, 0) is 21.4 Å². The van der Waals surface area contributed by atoms with E-state index in [1.54, 1.807) is 31.3 Å². The van der Waals surface area contributed by atoms with Gasteiger partial charge >= 0.3 is 0 Å². The average Bonchev–Trinajstić information content (AvgIpc) is 2.79. The number of carbonyl (C=O) groups is 1. The van der Waals surface area contributed by atoms with E-state index in [2.05, 4.69) is 5.32 Å². The van der Waals surface area contributed by atoms with Crippen LogP contribution in [0.2, 0.25) is 0 Å². The lowest BCUT2D eigenvalue weighted by Gasteiger charge is -2.21. The van der Waals surface area contributed by atoms with Crippen LogP contribution < -0.4 is 5.32 Å². The first-order valence-electron chi connectivity index (χ1n) is 10.3. The van der Waals surface area contributed by atoms with Gasteiger partial charge in [0.05, 0.1) is 10.8 Å². The molecule has 0 heterocycles. The largest absolute Gasteiger partial charge is 0.351 e. The lowest BCUT2D eigenvalue weighted by molar-refractivity contribution is -0.121. The molecule has 0 fully saturated rings. The molecule has 1 amide bonds. The van der Waals surface area contributed by atoms with E-state index in [1.807, 2.05) is 74.5 Å². The van der Waals surface area contributed by atoms with Crippen LogP contribution in [0.4, 0.5) is 0 Å². The van der Waals surface area contributed by atoms with Gasteiger partial charge in [0.2, 0.25) is 15.9 Å². The smallest absolute Gasteiger partial charge is 0.243 e. The summed E-state index contributed by atoms with van der Waals surface area (Å²) in [6.45, 7) is 3.98. The van der Waals surface area contributed by atoms with Gasteiger partial charge in [0.15, 0.2) is 0 Å². The molecule has 0 saturated carbocycles. The highest BCUT2D eigenvalue weighted by molar-refractivity contribution is 7.89. The van der Waals surface area contributed by atoms with Gasteiger partial charge in [-0.3, -0.25) is 4.79 Å². The Balaban J connectivity index is 1.74. The highest BCUT2D eigenvalue weighted by atomic mass is 32.2. The zero-order valence-corrected chi connectivity index (χ0v) is 18.8. The zero-order chi connectivity index (χ0) is 22.4. The van der Waals surface area contributed by atoms with E-state index in [9.17, 15) is 13.2 Å². The number of hydrogen-bond acceptors (Lipinski definition) is 3. The predicted molar refractivity (Wildman–Crippen MR) is 123 cm³/mol. The topological polar surface area (TPSA) is 66.5 Å². The van der Waals surface area contributed by atoms with E-state index in [0.29, 0.717) is 6.54 Å². The molecule has 3 aromatic carbocycles. The molecule has 5 nitrogen and oxygen atoms in total. The molecule has 0 bridgehead atoms. The SMILES string of the molecule is CC(C)N(C)S(=O)(=O)c1ccc(CNC(=O)C(c2ccccc2)c2ccccc2)cc1. The Labute approximate surface area is 184 Å². The van der Waals surface area contributed by atoms with Crippen molar-refractivity contribution >= 4 is 15.9 Å². The van der Waals surface area contributed by atoms with Crippen LogP contribution >= 0.6 is 0 Å². The summed E-state index contributed by atoms with van der Waals surface area (Å²) in [6.07, 6.45) is 0. The molecule has 0 spiro atoms. The molecule has 0 aliphatic heterocycles. The van der Waals surface area contributed by atoms with Crippen LogP contribution in [0.15, 0.2) is 89.8 Å². The van der Waals surface area contributed by atoms with Crippen molar-refractivity contribution in [3.63, 3.8) is 0 Å². The van der Waals surface area contributed by atoms with Crippen molar-refractivity contribution in [2.45, 2.75) is 37.2 Å². The van der Waals surface area contributed by atoms with E-state index in [0.717, 1.165) is 16.7 Å². The zero-order valence-electron chi connectivity index (χ0n) is 18.0. The highest BCUT2D eigenvalue weighted by Gasteiger charge is 2.24. The molecule has 0 radical (unpaired) electrons. The third-order valence-electron chi connectivity index (χ3n) is 5.32. The molecule has 162 valence electrons. The summed E-state index contributed by atoms with van der Waals surface area (Å²) in [5, 5.41) is 3.00. The third kappa shape index (κ3) is 5.40. The number of benzene rings is 3. The fraction of sp³-hybridized carbons (Fsp3) is 0.240. The van der Waals surface area contributed by atoms with Crippen LogP contribution in [0.5, 0.6) is 0 Å². The summed E-state index contributed by atoms with van der Waals surface area (Å²) in [5.74, 6) is -0.518. The van der Waals surface area contributed by atoms with Crippen LogP contribution in [0.1, 0.15) is 36.5 Å². The van der Waals surface area contributed by atoms with Gasteiger partial charge in [-0.1, -0.05) is 72.8 Å². The standard InChI is InChI=1S/C25H28N2O3S/c1-19(2)27(3)31(29,30)23-16-14-20(15-17-23)18-26-25(28)24(21-10-6-4-7-11-21)22-12-8-5-9-13-22/h4-17,19,24H,18H2,1-3H3,(H,26,28). The highest BCUT2D eigenvalue weighted by Crippen LogP contribution is 2.25. The molecule has 0 unspecified atom stereocenters. The maximum absolute atomic E-state index is 13.1. The summed E-state index contributed by atoms with van der Waals surface area (Å²) in [5.41, 5.74) is 2.67. The summed E-state index contributed by atoms with van der Waals surface area (Å²) < 4.78 is 26.6. The number of hydrogen-bond donors (Lipinski definition) is 1. The van der Waals surface area contributed by atoms with Crippen molar-refractivity contribution in [2.75, 3.05) is 7.05 Å². The van der Waals surface area contributed by atoms with Crippen molar-refractivity contribution in [3.05, 3.63) is 102 Å². The summed E-state index contributed by atoms with van der Waals surface area (Å²) in [7, 11) is -1.95. The minimum Gasteiger partial charge on any atom is -0.351 e. The molecule has 31 heavy (non-hydrogen) atoms. The fourth-order valence-electron chi connectivity index (χ4n) is 3.30. The molecule has 3 aromatic rings. The normalized spacial score (nSPS) is 11.8. The van der Waals surface area contributed by atoms with Gasteiger partial charge in [0.25, 0.3) is 0 Å². The van der Waals surface area contributed by atoms with Crippen LogP contribution in [0.3, 0.4) is 0 Å². The first-order valence-corrected chi connectivity index (χ1v) is 11.7. The number of nitrogens with one attached hydrogen (secondary N) is 1. The van der Waals surface area contributed by atoms with Crippen molar-refractivity contribution in [1.82, 2.24) is 9.62 Å². The number of sulfonamides is 1. The maximum atomic E-state index is 13.1. The second kappa shape index (κ2) is 9.90. The molecule has 0 aromatic heterocycles. The van der Waals surface area contributed by atoms with Gasteiger partial charge in [-0.05, 0) is 42.7 Å². The summed E-state index contributed by atoms with van der Waals surface area (Å²) in [6, 6.07) is 25.8. The van der Waals surface area contributed by atoms with Crippen molar-refractivity contribution in [2.24, 2.45) is 0 Å². The minimum absolute atomic E-state index is 0.103. The van der Waals surface area contributed by atoms with E-state index >= 15 is 0 Å². The second-order valence-electron chi connectivity index (χ2n) is 7.73. The Morgan fingerprint density at radius 1 is 0.839 bits per heavy atom. The van der Waals surface area contributed by atoms with Gasteiger partial charge < -0.3 is 5.32 Å². The molecular weight excluding hydrogens is 408 g/mol. The van der Waals surface area contributed by atoms with Gasteiger partial charge in [-0.2, -0.15) is 4.31 Å². The van der Waals surface area contributed by atoms with Crippen LogP contribution in [0.25, 0.3) is 0 Å². The van der Waals surface area contributed by atoms with E-state index < -0.39 is 15.9 Å². The molecule has 0 saturated heterocycles. The van der Waals surface area contributed by atoms with Crippen LogP contribution in [-0.4, -0.2) is 31.7 Å². The monoisotopic (exact) mass is 436 g/mol. The van der Waals surface area contributed by atoms with Gasteiger partial charge in [0.1, 0.15) is 0 Å². The Morgan fingerprint density at radius 2 is 1.32 bits per heavy atom. The Bertz CT molecular complexity index is 1060. The lowest BCUT2D eigenvalue weighted by atomic mass is 9.90. The van der Waals surface area contributed by atoms with Crippen LogP contribution in [0, 0.1) is 0 Å². The fourth-order valence-corrected chi connectivity index (χ4v) is 4.67. The predicted octanol–water partition coefficient (Wildman–Crippen LogP) is 4.16. The Hall–Kier alpha value is -2.96. The first kappa shape index (κ1) is 22.7. The molecular formula is C25H28N2O3S. The summed E-state index contributed by atoms with van der Waals surface area (Å²) >= 11 is 0. The van der Waals surface area contributed by atoms with E-state index in [-0.39, 0.29) is 16.8 Å². The molecule has 3 rings (SSSR count). The maximum Gasteiger partial charge on any atom is 0.243 e. The van der Waals surface area contributed by atoms with Gasteiger partial charge in [-0.15, -0.1) is 0 Å². The van der Waals surface area contributed by atoms with Crippen molar-refractivity contribution < 1.29 is 13.2 Å². The molecule has 0 aliphatic rings. The number of amides is 1. The molecule has 1 N–H and O–H groups in total. The number of nitrogens with zero attached hydrogens (tertiary/aromatic N) is 1. The average molecular weight is 437 g/mol. The van der Waals surface area contributed by atoms with Gasteiger partial charge in [0, 0.05) is 19.6 Å². The Kier molecular flexibility index (Phi) is 7.25. The number of carbonyl (C=O) groups excluding carboxylic acids is 1. The van der Waals surface area contributed by atoms with E-state index in [4.69, 9.17) is 0 Å².